The summed E-state index contributed by atoms with van der Waals surface area (Å²) in [6, 6.07) is 51.8. The molecule has 1 saturated heterocycles. The first-order valence-corrected chi connectivity index (χ1v) is 16.8. The van der Waals surface area contributed by atoms with Gasteiger partial charge in [-0.2, -0.15) is 0 Å². The number of nitrogens with zero attached hydrogens (tertiary/aromatic N) is 2. The van der Waals surface area contributed by atoms with Crippen LogP contribution in [0.5, 0.6) is 5.75 Å². The molecule has 1 aliphatic rings. The Labute approximate surface area is 283 Å². The number of hydrogen-bond acceptors (Lipinski definition) is 3. The van der Waals surface area contributed by atoms with Gasteiger partial charge in [0.2, 0.25) is 0 Å². The molecule has 48 heavy (non-hydrogen) atoms. The molecule has 1 aromatic heterocycles. The molecule has 0 bridgehead atoms. The Hall–Kier alpha value is -5.39. The molecular weight excluding hydrogens is 590 g/mol. The zero-order valence-corrected chi connectivity index (χ0v) is 27.4. The summed E-state index contributed by atoms with van der Waals surface area (Å²) in [5.74, 6) is 0.813. The Morgan fingerprint density at radius 1 is 0.708 bits per heavy atom. The molecule has 240 valence electrons. The number of benzene rings is 5. The largest absolute Gasteiger partial charge is 0.487 e. The topological polar surface area (TPSA) is 46.5 Å². The second kappa shape index (κ2) is 14.2. The first-order valence-electron chi connectivity index (χ1n) is 16.8. The summed E-state index contributed by atoms with van der Waals surface area (Å²) in [4.78, 5) is 17.4. The van der Waals surface area contributed by atoms with Gasteiger partial charge >= 0.3 is 0 Å². The summed E-state index contributed by atoms with van der Waals surface area (Å²) in [6.07, 6.45) is 1.50. The fraction of sp³-hybridized carbons (Fsp3) is 0.186. The molecule has 7 rings (SSSR count). The Morgan fingerprint density at radius 2 is 1.25 bits per heavy atom. The minimum absolute atomic E-state index is 0.0479. The normalized spacial score (nSPS) is 14.1. The van der Waals surface area contributed by atoms with Gasteiger partial charge in [0.05, 0.1) is 22.5 Å². The maximum absolute atomic E-state index is 15.2. The summed E-state index contributed by atoms with van der Waals surface area (Å²) in [5, 5.41) is 3.66. The molecule has 1 aliphatic heterocycles. The molecule has 1 fully saturated rings. The van der Waals surface area contributed by atoms with E-state index in [2.05, 4.69) is 119 Å². The molecule has 5 nitrogen and oxygen atoms in total. The Morgan fingerprint density at radius 3 is 1.88 bits per heavy atom. The van der Waals surface area contributed by atoms with Crippen LogP contribution in [0.3, 0.4) is 0 Å². The molecule has 0 radical (unpaired) electrons. The van der Waals surface area contributed by atoms with Gasteiger partial charge in [0.15, 0.2) is 0 Å². The second-order valence-electron chi connectivity index (χ2n) is 12.7. The van der Waals surface area contributed by atoms with Crippen LogP contribution in [0.2, 0.25) is 0 Å². The fourth-order valence-corrected chi connectivity index (χ4v) is 7.13. The zero-order valence-electron chi connectivity index (χ0n) is 27.4. The van der Waals surface area contributed by atoms with Crippen molar-refractivity contribution in [2.45, 2.75) is 31.9 Å². The number of nitrogens with one attached hydrogen (secondary N) is 1. The molecule has 1 N–H and O–H groups in total. The number of rotatable bonds is 10. The number of aromatic nitrogens is 1. The second-order valence-corrected chi connectivity index (χ2v) is 12.7. The summed E-state index contributed by atoms with van der Waals surface area (Å²) in [5.41, 5.74) is 7.52. The SMILES string of the molecule is Cc1cc(C(=O)N2CCNCC2(Cc2ccccc2)Cc2ccccc2)c(-c2ccccc2)n1-c1ccccc1OCc1ccccc1. The van der Waals surface area contributed by atoms with Crippen molar-refractivity contribution >= 4 is 5.91 Å². The van der Waals surface area contributed by atoms with Gasteiger partial charge in [-0.05, 0) is 60.2 Å². The first-order chi connectivity index (χ1) is 23.6. The minimum atomic E-state index is -0.460. The van der Waals surface area contributed by atoms with Crippen LogP contribution in [-0.2, 0) is 19.4 Å². The predicted molar refractivity (Wildman–Crippen MR) is 194 cm³/mol. The van der Waals surface area contributed by atoms with Gasteiger partial charge in [0, 0.05) is 25.3 Å². The van der Waals surface area contributed by atoms with Crippen LogP contribution < -0.4 is 10.1 Å². The smallest absolute Gasteiger partial charge is 0.256 e. The van der Waals surface area contributed by atoms with Crippen molar-refractivity contribution in [3.05, 3.63) is 180 Å². The van der Waals surface area contributed by atoms with Gasteiger partial charge in [0.25, 0.3) is 5.91 Å². The quantitative estimate of drug-likeness (QED) is 0.166. The number of aryl methyl sites for hydroxylation is 1. The third kappa shape index (κ3) is 6.55. The zero-order chi connectivity index (χ0) is 32.8. The van der Waals surface area contributed by atoms with Crippen LogP contribution in [-0.4, -0.2) is 40.5 Å². The molecule has 2 heterocycles. The molecule has 6 aromatic rings. The number of carbonyl (C=O) groups is 1. The lowest BCUT2D eigenvalue weighted by molar-refractivity contribution is 0.0369. The van der Waals surface area contributed by atoms with E-state index in [1.807, 2.05) is 54.6 Å². The van der Waals surface area contributed by atoms with E-state index in [0.29, 0.717) is 25.3 Å². The van der Waals surface area contributed by atoms with Crippen molar-refractivity contribution < 1.29 is 9.53 Å². The molecule has 0 aliphatic carbocycles. The number of para-hydroxylation sites is 2. The molecular formula is C43H41N3O2. The van der Waals surface area contributed by atoms with E-state index < -0.39 is 5.54 Å². The Kier molecular flexibility index (Phi) is 9.21. The van der Waals surface area contributed by atoms with E-state index >= 15 is 4.79 Å². The number of piperazine rings is 1. The van der Waals surface area contributed by atoms with E-state index in [0.717, 1.165) is 53.3 Å². The monoisotopic (exact) mass is 631 g/mol. The van der Waals surface area contributed by atoms with Crippen LogP contribution >= 0.6 is 0 Å². The summed E-state index contributed by atoms with van der Waals surface area (Å²) in [6.45, 7) is 4.60. The lowest BCUT2D eigenvalue weighted by Gasteiger charge is -2.48. The Balaban J connectivity index is 1.34. The summed E-state index contributed by atoms with van der Waals surface area (Å²) < 4.78 is 8.65. The fourth-order valence-electron chi connectivity index (χ4n) is 7.13. The number of ether oxygens (including phenoxy) is 1. The minimum Gasteiger partial charge on any atom is -0.487 e. The van der Waals surface area contributed by atoms with Crippen LogP contribution in [0.1, 0.15) is 32.7 Å². The lowest BCUT2D eigenvalue weighted by atomic mass is 9.81. The molecule has 0 unspecified atom stereocenters. The van der Waals surface area contributed by atoms with Crippen LogP contribution in [0, 0.1) is 6.92 Å². The summed E-state index contributed by atoms with van der Waals surface area (Å²) in [7, 11) is 0. The van der Waals surface area contributed by atoms with Gasteiger partial charge < -0.3 is 19.5 Å². The van der Waals surface area contributed by atoms with Crippen molar-refractivity contribution in [2.24, 2.45) is 0 Å². The number of carbonyl (C=O) groups excluding carboxylic acids is 1. The van der Waals surface area contributed by atoms with Gasteiger partial charge in [-0.15, -0.1) is 0 Å². The van der Waals surface area contributed by atoms with Gasteiger partial charge in [0.1, 0.15) is 12.4 Å². The highest BCUT2D eigenvalue weighted by Gasteiger charge is 2.43. The van der Waals surface area contributed by atoms with E-state index in [1.165, 1.54) is 11.1 Å². The number of amides is 1. The first kappa shape index (κ1) is 31.2. The Bertz CT molecular complexity index is 1910. The maximum atomic E-state index is 15.2. The third-order valence-corrected chi connectivity index (χ3v) is 9.34. The van der Waals surface area contributed by atoms with Crippen LogP contribution in [0.25, 0.3) is 16.9 Å². The van der Waals surface area contributed by atoms with Gasteiger partial charge in [-0.1, -0.05) is 133 Å². The van der Waals surface area contributed by atoms with E-state index in [9.17, 15) is 0 Å². The van der Waals surface area contributed by atoms with Crippen molar-refractivity contribution in [3.8, 4) is 22.7 Å². The molecule has 1 amide bonds. The third-order valence-electron chi connectivity index (χ3n) is 9.34. The highest BCUT2D eigenvalue weighted by atomic mass is 16.5. The van der Waals surface area contributed by atoms with Crippen molar-refractivity contribution in [1.29, 1.82) is 0 Å². The molecule has 5 aromatic carbocycles. The standard InChI is InChI=1S/C43H41N3O2/c1-33-28-38(42(47)45-27-26-44-32-43(45,29-34-16-6-2-7-17-34)30-35-18-8-3-9-19-35)41(37-22-12-5-13-23-37)46(33)39-24-14-15-25-40(39)48-31-36-20-10-4-11-21-36/h2-25,28,44H,26-27,29-32H2,1H3. The molecule has 0 spiro atoms. The van der Waals surface area contributed by atoms with Crippen molar-refractivity contribution in [2.75, 3.05) is 19.6 Å². The molecule has 0 saturated carbocycles. The van der Waals surface area contributed by atoms with Crippen LogP contribution in [0.15, 0.2) is 152 Å². The average molecular weight is 632 g/mol. The lowest BCUT2D eigenvalue weighted by Crippen LogP contribution is -2.65. The van der Waals surface area contributed by atoms with Gasteiger partial charge in [-0.25, -0.2) is 0 Å². The highest BCUT2D eigenvalue weighted by molar-refractivity contribution is 6.01. The van der Waals surface area contributed by atoms with Crippen LogP contribution in [0.4, 0.5) is 0 Å². The van der Waals surface area contributed by atoms with E-state index in [1.54, 1.807) is 0 Å². The van der Waals surface area contributed by atoms with Crippen molar-refractivity contribution in [3.63, 3.8) is 0 Å². The highest BCUT2D eigenvalue weighted by Crippen LogP contribution is 2.37. The average Bonchev–Trinajstić information content (AvgIpc) is 3.49. The number of hydrogen-bond donors (Lipinski definition) is 1. The summed E-state index contributed by atoms with van der Waals surface area (Å²) >= 11 is 0. The predicted octanol–water partition coefficient (Wildman–Crippen LogP) is 8.30. The van der Waals surface area contributed by atoms with E-state index in [4.69, 9.17) is 4.74 Å². The van der Waals surface area contributed by atoms with Crippen molar-refractivity contribution in [1.82, 2.24) is 14.8 Å². The maximum Gasteiger partial charge on any atom is 0.256 e. The molecule has 5 heteroatoms. The van der Waals surface area contributed by atoms with E-state index in [-0.39, 0.29) is 5.91 Å². The van der Waals surface area contributed by atoms with Gasteiger partial charge in [-0.3, -0.25) is 4.79 Å². The molecule has 0 atom stereocenters.